The van der Waals surface area contributed by atoms with Gasteiger partial charge in [0.05, 0.1) is 5.69 Å². The van der Waals surface area contributed by atoms with Crippen molar-refractivity contribution in [3.05, 3.63) is 108 Å². The Balaban J connectivity index is 1.33. The van der Waals surface area contributed by atoms with Crippen LogP contribution in [0.15, 0.2) is 101 Å². The van der Waals surface area contributed by atoms with E-state index in [4.69, 9.17) is 4.98 Å². The van der Waals surface area contributed by atoms with Crippen LogP contribution in [-0.4, -0.2) is 33.1 Å². The minimum atomic E-state index is -0.104. The number of nitrogens with one attached hydrogen (secondary N) is 1. The van der Waals surface area contributed by atoms with E-state index in [1.165, 1.54) is 4.90 Å². The Morgan fingerprint density at radius 2 is 1.71 bits per heavy atom. The standard InChI is InChI=1S/C28H26N4OS2/c1-34-25-14-12-23(13-15-25)29-27(33)31(18-21-8-4-2-5-9-21)17-16-24-20-35-28-30-26(19-32(24)28)22-10-6-3-7-11-22/h2-15,19-20H,16-18H2,1H3,(H,29,33). The molecule has 2 amide bonds. The molecule has 2 aromatic heterocycles. The number of thiazole rings is 1. The molecule has 5 rings (SSSR count). The lowest BCUT2D eigenvalue weighted by Crippen LogP contribution is -2.36. The van der Waals surface area contributed by atoms with Gasteiger partial charge >= 0.3 is 6.03 Å². The zero-order valence-corrected chi connectivity index (χ0v) is 21.1. The third-order valence-corrected chi connectivity index (χ3v) is 7.47. The molecule has 0 aliphatic carbocycles. The smallest absolute Gasteiger partial charge is 0.320 e. The topological polar surface area (TPSA) is 49.6 Å². The van der Waals surface area contributed by atoms with E-state index in [0.717, 1.165) is 39.6 Å². The number of anilines is 1. The van der Waals surface area contributed by atoms with E-state index < -0.39 is 0 Å². The van der Waals surface area contributed by atoms with Crippen molar-refractivity contribution in [2.75, 3.05) is 18.1 Å². The highest BCUT2D eigenvalue weighted by Gasteiger charge is 2.16. The first-order valence-electron chi connectivity index (χ1n) is 11.4. The van der Waals surface area contributed by atoms with Gasteiger partial charge in [-0.15, -0.1) is 23.1 Å². The van der Waals surface area contributed by atoms with Crippen LogP contribution >= 0.6 is 23.1 Å². The summed E-state index contributed by atoms with van der Waals surface area (Å²) in [5.41, 5.74) is 5.11. The number of urea groups is 1. The minimum absolute atomic E-state index is 0.104. The van der Waals surface area contributed by atoms with Gasteiger partial charge in [0, 0.05) is 52.9 Å². The largest absolute Gasteiger partial charge is 0.322 e. The highest BCUT2D eigenvalue weighted by Crippen LogP contribution is 2.24. The Hall–Kier alpha value is -3.55. The first-order chi connectivity index (χ1) is 17.2. The minimum Gasteiger partial charge on any atom is -0.320 e. The quantitative estimate of drug-likeness (QED) is 0.233. The summed E-state index contributed by atoms with van der Waals surface area (Å²) >= 11 is 3.31. The van der Waals surface area contributed by atoms with Gasteiger partial charge in [-0.2, -0.15) is 0 Å². The number of rotatable bonds is 8. The molecule has 0 fully saturated rings. The van der Waals surface area contributed by atoms with Crippen LogP contribution in [0.25, 0.3) is 16.2 Å². The van der Waals surface area contributed by atoms with Crippen LogP contribution in [0.4, 0.5) is 10.5 Å². The molecular weight excluding hydrogens is 472 g/mol. The van der Waals surface area contributed by atoms with Gasteiger partial charge in [0.25, 0.3) is 0 Å². The van der Waals surface area contributed by atoms with E-state index in [9.17, 15) is 4.79 Å². The SMILES string of the molecule is CSc1ccc(NC(=O)N(CCc2csc3nc(-c4ccccc4)cn23)Cc2ccccc2)cc1. The van der Waals surface area contributed by atoms with Gasteiger partial charge in [0.1, 0.15) is 0 Å². The van der Waals surface area contributed by atoms with Gasteiger partial charge in [-0.05, 0) is 36.1 Å². The molecule has 0 saturated heterocycles. The lowest BCUT2D eigenvalue weighted by atomic mass is 10.2. The first-order valence-corrected chi connectivity index (χ1v) is 13.5. The van der Waals surface area contributed by atoms with Gasteiger partial charge in [-0.25, -0.2) is 9.78 Å². The van der Waals surface area contributed by atoms with E-state index in [2.05, 4.69) is 45.6 Å². The number of fused-ring (bicyclic) bond motifs is 1. The number of aromatic nitrogens is 2. The van der Waals surface area contributed by atoms with Crippen LogP contribution in [0.5, 0.6) is 0 Å². The fourth-order valence-corrected chi connectivity index (χ4v) is 5.26. The van der Waals surface area contributed by atoms with Gasteiger partial charge < -0.3 is 10.2 Å². The molecule has 0 unspecified atom stereocenters. The molecule has 2 heterocycles. The van der Waals surface area contributed by atoms with Crippen LogP contribution in [0.1, 0.15) is 11.3 Å². The molecule has 0 spiro atoms. The van der Waals surface area contributed by atoms with Crippen LogP contribution in [0, 0.1) is 0 Å². The summed E-state index contributed by atoms with van der Waals surface area (Å²) in [6.45, 7) is 1.14. The van der Waals surface area contributed by atoms with Gasteiger partial charge in [0.15, 0.2) is 4.96 Å². The molecule has 0 radical (unpaired) electrons. The molecule has 0 bridgehead atoms. The van der Waals surface area contributed by atoms with E-state index >= 15 is 0 Å². The van der Waals surface area contributed by atoms with Crippen molar-refractivity contribution in [2.45, 2.75) is 17.9 Å². The summed E-state index contributed by atoms with van der Waals surface area (Å²) in [4.78, 5) is 22.1. The third-order valence-electron chi connectivity index (χ3n) is 5.84. The fraction of sp³-hybridized carbons (Fsp3) is 0.143. The van der Waals surface area contributed by atoms with Gasteiger partial charge in [-0.1, -0.05) is 60.7 Å². The van der Waals surface area contributed by atoms with Gasteiger partial charge in [0.2, 0.25) is 0 Å². The maximum absolute atomic E-state index is 13.3. The maximum Gasteiger partial charge on any atom is 0.322 e. The van der Waals surface area contributed by atoms with Crippen molar-refractivity contribution < 1.29 is 4.79 Å². The fourth-order valence-electron chi connectivity index (χ4n) is 3.94. The van der Waals surface area contributed by atoms with E-state index in [-0.39, 0.29) is 6.03 Å². The van der Waals surface area contributed by atoms with Gasteiger partial charge in [-0.3, -0.25) is 4.40 Å². The Kier molecular flexibility index (Phi) is 7.16. The third kappa shape index (κ3) is 5.58. The molecule has 35 heavy (non-hydrogen) atoms. The number of thioether (sulfide) groups is 1. The molecular formula is C28H26N4OS2. The second kappa shape index (κ2) is 10.8. The molecule has 0 aliphatic heterocycles. The molecule has 5 aromatic rings. The van der Waals surface area contributed by atoms with E-state index in [1.54, 1.807) is 23.1 Å². The average molecular weight is 499 g/mol. The van der Waals surface area contributed by atoms with Crippen molar-refractivity contribution in [1.82, 2.24) is 14.3 Å². The Bertz CT molecular complexity index is 1400. The average Bonchev–Trinajstić information content (AvgIpc) is 3.49. The monoisotopic (exact) mass is 498 g/mol. The molecule has 3 aromatic carbocycles. The number of benzene rings is 3. The summed E-state index contributed by atoms with van der Waals surface area (Å²) in [5.74, 6) is 0. The zero-order chi connectivity index (χ0) is 24.0. The Morgan fingerprint density at radius 3 is 2.43 bits per heavy atom. The number of carbonyl (C=O) groups is 1. The molecule has 7 heteroatoms. The molecule has 1 N–H and O–H groups in total. The highest BCUT2D eigenvalue weighted by atomic mass is 32.2. The number of hydrogen-bond acceptors (Lipinski definition) is 4. The molecule has 176 valence electrons. The molecule has 5 nitrogen and oxygen atoms in total. The molecule has 0 saturated carbocycles. The Labute approximate surface area is 213 Å². The van der Waals surface area contributed by atoms with Crippen molar-refractivity contribution in [3.8, 4) is 11.3 Å². The number of imidazole rings is 1. The molecule has 0 atom stereocenters. The summed E-state index contributed by atoms with van der Waals surface area (Å²) in [6.07, 6.45) is 4.86. The predicted octanol–water partition coefficient (Wildman–Crippen LogP) is 7.06. The maximum atomic E-state index is 13.3. The summed E-state index contributed by atoms with van der Waals surface area (Å²) in [7, 11) is 0. The van der Waals surface area contributed by atoms with Crippen LogP contribution < -0.4 is 5.32 Å². The van der Waals surface area contributed by atoms with Crippen molar-refractivity contribution in [3.63, 3.8) is 0 Å². The van der Waals surface area contributed by atoms with E-state index in [0.29, 0.717) is 13.1 Å². The second-order valence-corrected chi connectivity index (χ2v) is 9.90. The lowest BCUT2D eigenvalue weighted by molar-refractivity contribution is 0.209. The number of carbonyl (C=O) groups excluding carboxylic acids is 1. The van der Waals surface area contributed by atoms with Crippen molar-refractivity contribution in [2.24, 2.45) is 0 Å². The molecule has 0 aliphatic rings. The zero-order valence-electron chi connectivity index (χ0n) is 19.4. The summed E-state index contributed by atoms with van der Waals surface area (Å²) in [5, 5.41) is 5.20. The number of nitrogens with zero attached hydrogens (tertiary/aromatic N) is 3. The predicted molar refractivity (Wildman–Crippen MR) is 146 cm³/mol. The van der Waals surface area contributed by atoms with Crippen molar-refractivity contribution >= 4 is 39.8 Å². The lowest BCUT2D eigenvalue weighted by Gasteiger charge is -2.23. The summed E-state index contributed by atoms with van der Waals surface area (Å²) in [6, 6.07) is 28.2. The Morgan fingerprint density at radius 1 is 1.00 bits per heavy atom. The first kappa shape index (κ1) is 23.2. The highest BCUT2D eigenvalue weighted by molar-refractivity contribution is 7.98. The summed E-state index contributed by atoms with van der Waals surface area (Å²) < 4.78 is 2.15. The van der Waals surface area contributed by atoms with Crippen molar-refractivity contribution in [1.29, 1.82) is 0 Å². The second-order valence-electron chi connectivity index (χ2n) is 8.19. The number of amides is 2. The van der Waals surface area contributed by atoms with E-state index in [1.807, 2.05) is 71.8 Å². The normalized spacial score (nSPS) is 11.0. The van der Waals surface area contributed by atoms with Crippen LogP contribution in [0.3, 0.4) is 0 Å². The van der Waals surface area contributed by atoms with Crippen LogP contribution in [-0.2, 0) is 13.0 Å². The number of hydrogen-bond donors (Lipinski definition) is 1. The van der Waals surface area contributed by atoms with Crippen LogP contribution in [0.2, 0.25) is 0 Å².